The molecule has 0 aliphatic carbocycles. The Hall–Kier alpha value is -1.30. The number of nitrogen functional groups attached to an aromatic ring is 1. The highest BCUT2D eigenvalue weighted by Gasteiger charge is 2.18. The molecule has 1 aromatic carbocycles. The topological polar surface area (TPSA) is 64.8 Å². The van der Waals surface area contributed by atoms with E-state index in [1.165, 1.54) is 0 Å². The summed E-state index contributed by atoms with van der Waals surface area (Å²) in [5, 5.41) is 0.298. The molecular formula is C14H21ClN2O3. The average molecular weight is 301 g/mol. The molecule has 0 radical (unpaired) electrons. The molecule has 0 heterocycles. The van der Waals surface area contributed by atoms with Gasteiger partial charge in [0.05, 0.1) is 22.9 Å². The third-order valence-corrected chi connectivity index (χ3v) is 3.31. The molecule has 112 valence electrons. The lowest BCUT2D eigenvalue weighted by Gasteiger charge is -2.23. The van der Waals surface area contributed by atoms with Gasteiger partial charge in [-0.3, -0.25) is 4.79 Å². The first-order valence-corrected chi connectivity index (χ1v) is 6.80. The fraction of sp³-hybridized carbons (Fsp3) is 0.500. The summed E-state index contributed by atoms with van der Waals surface area (Å²) in [7, 11) is 3.24. The molecule has 0 aliphatic rings. The second kappa shape index (κ2) is 8.79. The standard InChI is InChI=1S/C14H21ClN2O3/c1-19-9-4-7-17(8-10-20-2)14(18)11-5-3-6-12(16)13(11)15/h3,5-6H,4,7-10,16H2,1-2H3. The average Bonchev–Trinajstić information content (AvgIpc) is 2.45. The molecule has 1 rings (SSSR count). The van der Waals surface area contributed by atoms with Crippen LogP contribution in [0.25, 0.3) is 0 Å². The highest BCUT2D eigenvalue weighted by molar-refractivity contribution is 6.36. The number of carbonyl (C=O) groups excluding carboxylic acids is 1. The van der Waals surface area contributed by atoms with E-state index >= 15 is 0 Å². The monoisotopic (exact) mass is 300 g/mol. The van der Waals surface area contributed by atoms with Gasteiger partial charge in [-0.25, -0.2) is 0 Å². The van der Waals surface area contributed by atoms with Crippen LogP contribution in [0.15, 0.2) is 18.2 Å². The Kier molecular flexibility index (Phi) is 7.36. The Bertz CT molecular complexity index is 440. The fourth-order valence-electron chi connectivity index (χ4n) is 1.80. The van der Waals surface area contributed by atoms with E-state index in [-0.39, 0.29) is 5.91 Å². The van der Waals surface area contributed by atoms with Crippen molar-refractivity contribution in [1.29, 1.82) is 0 Å². The minimum absolute atomic E-state index is 0.143. The number of anilines is 1. The summed E-state index contributed by atoms with van der Waals surface area (Å²) >= 11 is 6.10. The summed E-state index contributed by atoms with van der Waals surface area (Å²) in [5.74, 6) is -0.143. The van der Waals surface area contributed by atoms with E-state index in [2.05, 4.69) is 0 Å². The molecule has 0 unspecified atom stereocenters. The van der Waals surface area contributed by atoms with Crippen LogP contribution in [0.4, 0.5) is 5.69 Å². The largest absolute Gasteiger partial charge is 0.398 e. The molecule has 0 atom stereocenters. The molecule has 1 aromatic rings. The number of rotatable bonds is 8. The van der Waals surface area contributed by atoms with E-state index in [0.29, 0.717) is 42.6 Å². The van der Waals surface area contributed by atoms with Gasteiger partial charge in [-0.15, -0.1) is 0 Å². The van der Waals surface area contributed by atoms with Crippen molar-refractivity contribution >= 4 is 23.2 Å². The predicted octanol–water partition coefficient (Wildman–Crippen LogP) is 2.05. The van der Waals surface area contributed by atoms with Gasteiger partial charge in [-0.1, -0.05) is 17.7 Å². The first-order chi connectivity index (χ1) is 9.61. The zero-order chi connectivity index (χ0) is 15.0. The lowest BCUT2D eigenvalue weighted by atomic mass is 10.1. The first-order valence-electron chi connectivity index (χ1n) is 6.43. The molecule has 0 spiro atoms. The molecule has 20 heavy (non-hydrogen) atoms. The van der Waals surface area contributed by atoms with Crippen LogP contribution in [0.1, 0.15) is 16.8 Å². The van der Waals surface area contributed by atoms with E-state index < -0.39 is 0 Å². The molecule has 1 amide bonds. The number of amides is 1. The SMILES string of the molecule is COCCCN(CCOC)C(=O)c1cccc(N)c1Cl. The first kappa shape index (κ1) is 16.8. The summed E-state index contributed by atoms with van der Waals surface area (Å²) in [6.07, 6.45) is 0.756. The van der Waals surface area contributed by atoms with Crippen molar-refractivity contribution in [1.82, 2.24) is 4.90 Å². The summed E-state index contributed by atoms with van der Waals surface area (Å²) in [6, 6.07) is 5.07. The smallest absolute Gasteiger partial charge is 0.255 e. The molecule has 0 saturated carbocycles. The Morgan fingerprint density at radius 3 is 2.60 bits per heavy atom. The van der Waals surface area contributed by atoms with Crippen LogP contribution in [-0.4, -0.2) is 51.3 Å². The number of benzene rings is 1. The lowest BCUT2D eigenvalue weighted by molar-refractivity contribution is 0.0674. The van der Waals surface area contributed by atoms with Gasteiger partial charge < -0.3 is 20.1 Å². The quantitative estimate of drug-likeness (QED) is 0.589. The summed E-state index contributed by atoms with van der Waals surface area (Å²) < 4.78 is 10.0. The fourth-order valence-corrected chi connectivity index (χ4v) is 2.01. The van der Waals surface area contributed by atoms with Crippen molar-refractivity contribution in [2.75, 3.05) is 46.3 Å². The van der Waals surface area contributed by atoms with E-state index in [9.17, 15) is 4.79 Å². The normalized spacial score (nSPS) is 10.6. The number of carbonyl (C=O) groups is 1. The lowest BCUT2D eigenvalue weighted by Crippen LogP contribution is -2.35. The van der Waals surface area contributed by atoms with Gasteiger partial charge in [0, 0.05) is 33.9 Å². The number of ether oxygens (including phenoxy) is 2. The Balaban J connectivity index is 2.82. The number of hydrogen-bond acceptors (Lipinski definition) is 4. The Morgan fingerprint density at radius 1 is 1.25 bits per heavy atom. The van der Waals surface area contributed by atoms with Gasteiger partial charge in [0.1, 0.15) is 0 Å². The minimum Gasteiger partial charge on any atom is -0.398 e. The zero-order valence-electron chi connectivity index (χ0n) is 11.9. The van der Waals surface area contributed by atoms with Gasteiger partial charge in [0.2, 0.25) is 0 Å². The Labute approximate surface area is 124 Å². The molecule has 0 aliphatic heterocycles. The highest BCUT2D eigenvalue weighted by Crippen LogP contribution is 2.24. The van der Waals surface area contributed by atoms with Crippen LogP contribution in [-0.2, 0) is 9.47 Å². The van der Waals surface area contributed by atoms with Crippen molar-refractivity contribution in [3.05, 3.63) is 28.8 Å². The van der Waals surface area contributed by atoms with Crippen molar-refractivity contribution in [3.8, 4) is 0 Å². The van der Waals surface area contributed by atoms with Crippen molar-refractivity contribution in [3.63, 3.8) is 0 Å². The van der Waals surface area contributed by atoms with Crippen LogP contribution in [0.3, 0.4) is 0 Å². The Morgan fingerprint density at radius 2 is 1.95 bits per heavy atom. The maximum atomic E-state index is 12.5. The summed E-state index contributed by atoms with van der Waals surface area (Å²) in [4.78, 5) is 14.2. The molecule has 5 nitrogen and oxygen atoms in total. The van der Waals surface area contributed by atoms with E-state index in [1.807, 2.05) is 0 Å². The number of hydrogen-bond donors (Lipinski definition) is 1. The van der Waals surface area contributed by atoms with Crippen LogP contribution >= 0.6 is 11.6 Å². The predicted molar refractivity (Wildman–Crippen MR) is 80.1 cm³/mol. The molecule has 0 fully saturated rings. The summed E-state index contributed by atoms with van der Waals surface area (Å²) in [6.45, 7) is 2.16. The van der Waals surface area contributed by atoms with E-state index in [4.69, 9.17) is 26.8 Å². The number of nitrogens with two attached hydrogens (primary N) is 1. The second-order valence-corrected chi connectivity index (χ2v) is 4.72. The summed E-state index contributed by atoms with van der Waals surface area (Å²) in [5.41, 5.74) is 6.55. The molecule has 0 saturated heterocycles. The number of halogens is 1. The maximum absolute atomic E-state index is 12.5. The van der Waals surface area contributed by atoms with Crippen molar-refractivity contribution in [2.45, 2.75) is 6.42 Å². The minimum atomic E-state index is -0.143. The third kappa shape index (κ3) is 4.67. The molecule has 6 heteroatoms. The van der Waals surface area contributed by atoms with Crippen molar-refractivity contribution in [2.24, 2.45) is 0 Å². The third-order valence-electron chi connectivity index (χ3n) is 2.89. The number of methoxy groups -OCH3 is 2. The highest BCUT2D eigenvalue weighted by atomic mass is 35.5. The van der Waals surface area contributed by atoms with Crippen LogP contribution in [0.2, 0.25) is 5.02 Å². The van der Waals surface area contributed by atoms with E-state index in [0.717, 1.165) is 6.42 Å². The molecular weight excluding hydrogens is 280 g/mol. The molecule has 0 aromatic heterocycles. The zero-order valence-corrected chi connectivity index (χ0v) is 12.7. The van der Waals surface area contributed by atoms with Gasteiger partial charge >= 0.3 is 0 Å². The van der Waals surface area contributed by atoms with Gasteiger partial charge in [0.25, 0.3) is 5.91 Å². The number of nitrogens with zero attached hydrogens (tertiary/aromatic N) is 1. The molecule has 0 bridgehead atoms. The van der Waals surface area contributed by atoms with Gasteiger partial charge in [-0.2, -0.15) is 0 Å². The second-order valence-electron chi connectivity index (χ2n) is 4.34. The van der Waals surface area contributed by atoms with Crippen LogP contribution in [0, 0.1) is 0 Å². The van der Waals surface area contributed by atoms with Crippen LogP contribution in [0.5, 0.6) is 0 Å². The molecule has 2 N–H and O–H groups in total. The van der Waals surface area contributed by atoms with Crippen molar-refractivity contribution < 1.29 is 14.3 Å². The van der Waals surface area contributed by atoms with Gasteiger partial charge in [-0.05, 0) is 18.6 Å². The maximum Gasteiger partial charge on any atom is 0.255 e. The van der Waals surface area contributed by atoms with E-state index in [1.54, 1.807) is 37.3 Å². The van der Waals surface area contributed by atoms with Gasteiger partial charge in [0.15, 0.2) is 0 Å². The van der Waals surface area contributed by atoms with Crippen LogP contribution < -0.4 is 5.73 Å².